The molecule has 1 heterocycles. The summed E-state index contributed by atoms with van der Waals surface area (Å²) in [6.45, 7) is 0. The van der Waals surface area contributed by atoms with Crippen LogP contribution in [-0.2, 0) is 14.8 Å². The van der Waals surface area contributed by atoms with Gasteiger partial charge < -0.3 is 5.11 Å². The van der Waals surface area contributed by atoms with Crippen molar-refractivity contribution in [3.8, 4) is 0 Å². The van der Waals surface area contributed by atoms with Gasteiger partial charge in [-0.3, -0.25) is 4.79 Å². The van der Waals surface area contributed by atoms with Gasteiger partial charge in [-0.2, -0.15) is 4.31 Å². The topological polar surface area (TPSA) is 74.7 Å². The number of nitrogens with zero attached hydrogens (tertiary/aromatic N) is 1. The molecule has 0 spiro atoms. The molecule has 2 fully saturated rings. The molecular weight excluding hydrogens is 238 g/mol. The Bertz CT molecular complexity index is 363. The van der Waals surface area contributed by atoms with E-state index in [1.807, 2.05) is 0 Å². The van der Waals surface area contributed by atoms with Crippen molar-refractivity contribution in [1.82, 2.24) is 4.31 Å². The van der Waals surface area contributed by atoms with E-state index in [-0.39, 0.29) is 17.5 Å². The predicted molar refractivity (Wildman–Crippen MR) is 57.1 cm³/mol. The van der Waals surface area contributed by atoms with Crippen LogP contribution < -0.4 is 0 Å². The van der Waals surface area contributed by atoms with E-state index >= 15 is 0 Å². The molecule has 1 aliphatic heterocycles. The number of carboxylic acids is 1. The number of rotatable bonds is 4. The maximum atomic E-state index is 11.8. The van der Waals surface area contributed by atoms with Crippen molar-refractivity contribution in [3.05, 3.63) is 0 Å². The smallest absolute Gasteiger partial charge is 0.322 e. The minimum absolute atomic E-state index is 0.122. The fourth-order valence-electron chi connectivity index (χ4n) is 1.57. The lowest BCUT2D eigenvalue weighted by Crippen LogP contribution is -2.43. The molecule has 2 aliphatic rings. The summed E-state index contributed by atoms with van der Waals surface area (Å²) >= 11 is 1.36. The highest BCUT2D eigenvalue weighted by Crippen LogP contribution is 2.33. The quantitative estimate of drug-likeness (QED) is 0.772. The van der Waals surface area contributed by atoms with Gasteiger partial charge in [0.25, 0.3) is 0 Å². The summed E-state index contributed by atoms with van der Waals surface area (Å²) < 4.78 is 24.8. The van der Waals surface area contributed by atoms with Crippen molar-refractivity contribution < 1.29 is 18.3 Å². The van der Waals surface area contributed by atoms with Crippen molar-refractivity contribution in [2.75, 3.05) is 17.4 Å². The molecule has 1 saturated carbocycles. The Morgan fingerprint density at radius 1 is 1.47 bits per heavy atom. The molecular formula is C8H13NO4S2. The third kappa shape index (κ3) is 2.46. The average molecular weight is 251 g/mol. The van der Waals surface area contributed by atoms with Crippen LogP contribution in [0.1, 0.15) is 12.8 Å². The lowest BCUT2D eigenvalue weighted by Gasteiger charge is -2.19. The van der Waals surface area contributed by atoms with E-state index in [0.717, 1.165) is 17.1 Å². The fourth-order valence-corrected chi connectivity index (χ4v) is 5.22. The van der Waals surface area contributed by atoms with Gasteiger partial charge in [0.15, 0.2) is 0 Å². The Morgan fingerprint density at radius 3 is 2.67 bits per heavy atom. The number of thioether (sulfide) groups is 1. The third-order valence-corrected chi connectivity index (χ3v) is 5.79. The molecule has 1 N–H and O–H groups in total. The Hall–Kier alpha value is -0.270. The first kappa shape index (κ1) is 11.2. The maximum absolute atomic E-state index is 11.8. The molecule has 5 nitrogen and oxygen atoms in total. The summed E-state index contributed by atoms with van der Waals surface area (Å²) in [6, 6.07) is -0.862. The van der Waals surface area contributed by atoms with Crippen LogP contribution in [0.3, 0.4) is 0 Å². The first-order chi connectivity index (χ1) is 7.00. The average Bonchev–Trinajstić information content (AvgIpc) is 2.80. The number of hydrogen-bond donors (Lipinski definition) is 1. The summed E-state index contributed by atoms with van der Waals surface area (Å²) in [5.74, 6) is -0.0165. The SMILES string of the molecule is O=C(O)[C@@H]1CSCN1S(=O)(=O)CC1CC1. The second-order valence-corrected chi connectivity index (χ2v) is 6.93. The maximum Gasteiger partial charge on any atom is 0.322 e. The first-order valence-corrected chi connectivity index (χ1v) is 7.57. The summed E-state index contributed by atoms with van der Waals surface area (Å²) in [6.07, 6.45) is 1.91. The van der Waals surface area contributed by atoms with Gasteiger partial charge in [0, 0.05) is 5.75 Å². The monoisotopic (exact) mass is 251 g/mol. The van der Waals surface area contributed by atoms with E-state index in [2.05, 4.69) is 0 Å². The molecule has 0 radical (unpaired) electrons. The minimum Gasteiger partial charge on any atom is -0.480 e. The van der Waals surface area contributed by atoms with Crippen molar-refractivity contribution in [2.45, 2.75) is 18.9 Å². The molecule has 86 valence electrons. The van der Waals surface area contributed by atoms with Crippen molar-refractivity contribution in [1.29, 1.82) is 0 Å². The molecule has 1 saturated heterocycles. The van der Waals surface area contributed by atoms with Gasteiger partial charge in [0.1, 0.15) is 6.04 Å². The van der Waals surface area contributed by atoms with Crippen molar-refractivity contribution >= 4 is 27.8 Å². The van der Waals surface area contributed by atoms with E-state index in [0.29, 0.717) is 5.75 Å². The summed E-state index contributed by atoms with van der Waals surface area (Å²) in [7, 11) is -3.36. The van der Waals surface area contributed by atoms with Crippen LogP contribution in [0.15, 0.2) is 0 Å². The fraction of sp³-hybridized carbons (Fsp3) is 0.875. The van der Waals surface area contributed by atoms with Crippen LogP contribution in [0.25, 0.3) is 0 Å². The van der Waals surface area contributed by atoms with Gasteiger partial charge >= 0.3 is 5.97 Å². The molecule has 0 aromatic carbocycles. The molecule has 0 aromatic heterocycles. The van der Waals surface area contributed by atoms with Crippen molar-refractivity contribution in [2.24, 2.45) is 5.92 Å². The van der Waals surface area contributed by atoms with E-state index < -0.39 is 22.0 Å². The second kappa shape index (κ2) is 3.95. The third-order valence-electron chi connectivity index (χ3n) is 2.63. The van der Waals surface area contributed by atoms with Crippen LogP contribution in [0.4, 0.5) is 0 Å². The Kier molecular flexibility index (Phi) is 2.96. The molecule has 0 bridgehead atoms. The van der Waals surface area contributed by atoms with E-state index in [1.54, 1.807) is 0 Å². The molecule has 15 heavy (non-hydrogen) atoms. The van der Waals surface area contributed by atoms with Gasteiger partial charge in [-0.05, 0) is 18.8 Å². The highest BCUT2D eigenvalue weighted by molar-refractivity contribution is 8.00. The van der Waals surface area contributed by atoms with Gasteiger partial charge in [-0.15, -0.1) is 11.8 Å². The molecule has 0 unspecified atom stereocenters. The van der Waals surface area contributed by atoms with Crippen molar-refractivity contribution in [3.63, 3.8) is 0 Å². The van der Waals surface area contributed by atoms with Gasteiger partial charge in [0.2, 0.25) is 10.0 Å². The normalized spacial score (nSPS) is 28.1. The van der Waals surface area contributed by atoms with E-state index in [4.69, 9.17) is 5.11 Å². The lowest BCUT2D eigenvalue weighted by molar-refractivity contribution is -0.140. The second-order valence-electron chi connectivity index (χ2n) is 3.96. The zero-order valence-electron chi connectivity index (χ0n) is 8.13. The van der Waals surface area contributed by atoms with Crippen LogP contribution in [0.2, 0.25) is 0 Å². The molecule has 0 aromatic rings. The predicted octanol–water partition coefficient (Wildman–Crippen LogP) is 0.186. The minimum atomic E-state index is -3.36. The lowest BCUT2D eigenvalue weighted by atomic mass is 10.4. The Balaban J connectivity index is 2.10. The van der Waals surface area contributed by atoms with Crippen LogP contribution in [0, 0.1) is 5.92 Å². The molecule has 0 amide bonds. The van der Waals surface area contributed by atoms with E-state index in [9.17, 15) is 13.2 Å². The van der Waals surface area contributed by atoms with Gasteiger partial charge in [0.05, 0.1) is 11.6 Å². The highest BCUT2D eigenvalue weighted by Gasteiger charge is 2.41. The summed E-state index contributed by atoms with van der Waals surface area (Å²) in [5.41, 5.74) is 0. The standard InChI is InChI=1S/C8H13NO4S2/c10-8(11)7-3-14-5-9(7)15(12,13)4-6-1-2-6/h6-7H,1-5H2,(H,10,11)/t7-/m0/s1. The Labute approximate surface area is 92.9 Å². The van der Waals surface area contributed by atoms with Gasteiger partial charge in [-0.1, -0.05) is 0 Å². The zero-order chi connectivity index (χ0) is 11.1. The highest BCUT2D eigenvalue weighted by atomic mass is 32.2. The summed E-state index contributed by atoms with van der Waals surface area (Å²) in [4.78, 5) is 10.8. The number of aliphatic carboxylic acids is 1. The first-order valence-electron chi connectivity index (χ1n) is 4.81. The number of carbonyl (C=O) groups is 1. The van der Waals surface area contributed by atoms with Crippen LogP contribution in [0.5, 0.6) is 0 Å². The summed E-state index contributed by atoms with van der Waals surface area (Å²) in [5, 5.41) is 8.88. The Morgan fingerprint density at radius 2 is 2.13 bits per heavy atom. The molecule has 2 rings (SSSR count). The van der Waals surface area contributed by atoms with Crippen LogP contribution in [-0.4, -0.2) is 47.2 Å². The van der Waals surface area contributed by atoms with Gasteiger partial charge in [-0.25, -0.2) is 8.42 Å². The molecule has 1 aliphatic carbocycles. The number of carboxylic acid groups (broad SMARTS) is 1. The van der Waals surface area contributed by atoms with E-state index in [1.165, 1.54) is 11.8 Å². The number of hydrogen-bond acceptors (Lipinski definition) is 4. The zero-order valence-corrected chi connectivity index (χ0v) is 9.76. The number of sulfonamides is 1. The van der Waals surface area contributed by atoms with Crippen LogP contribution >= 0.6 is 11.8 Å². The largest absolute Gasteiger partial charge is 0.480 e. The molecule has 1 atom stereocenters. The molecule has 7 heteroatoms.